The summed E-state index contributed by atoms with van der Waals surface area (Å²) in [6.07, 6.45) is 6.10. The molecule has 2 aromatic carbocycles. The van der Waals surface area contributed by atoms with Gasteiger partial charge in [-0.15, -0.1) is 0 Å². The van der Waals surface area contributed by atoms with Gasteiger partial charge in [0.1, 0.15) is 0 Å². The van der Waals surface area contributed by atoms with Crippen molar-refractivity contribution in [3.63, 3.8) is 0 Å². The molecule has 2 atom stereocenters. The third-order valence-electron chi connectivity index (χ3n) is 7.62. The summed E-state index contributed by atoms with van der Waals surface area (Å²) in [6, 6.07) is 12.0. The van der Waals surface area contributed by atoms with E-state index in [4.69, 9.17) is 18.9 Å². The van der Waals surface area contributed by atoms with E-state index in [0.29, 0.717) is 26.1 Å². The van der Waals surface area contributed by atoms with Crippen LogP contribution >= 0.6 is 0 Å². The Morgan fingerprint density at radius 1 is 0.737 bits per heavy atom. The topological polar surface area (TPSA) is 54.0 Å². The predicted octanol–water partition coefficient (Wildman–Crippen LogP) is 6.98. The van der Waals surface area contributed by atoms with Gasteiger partial charge in [0.25, 0.3) is 0 Å². The number of unbranched alkanes of at least 4 members (excludes halogenated alkanes) is 2. The molecule has 0 spiro atoms. The number of carbonyl (C=O) groups excluding carboxylic acids is 1. The number of ether oxygens (including phenoxy) is 4. The fraction of sp³-hybridized carbons (Fsp3) is 0.581. The minimum absolute atomic E-state index is 0.194. The van der Waals surface area contributed by atoms with Gasteiger partial charge in [0.15, 0.2) is 0 Å². The van der Waals surface area contributed by atoms with E-state index < -0.39 is 39.5 Å². The molecule has 2 aliphatic heterocycles. The van der Waals surface area contributed by atoms with E-state index in [9.17, 15) is 4.79 Å². The number of benzene rings is 2. The minimum atomic E-state index is -1.13. The van der Waals surface area contributed by atoms with Crippen LogP contribution in [0.15, 0.2) is 36.4 Å². The Labute approximate surface area is 243 Å². The van der Waals surface area contributed by atoms with Crippen LogP contribution < -0.4 is 18.9 Å². The molecule has 0 radical (unpaired) electrons. The first-order valence-electron chi connectivity index (χ1n) is 14.7. The SMILES string of the molecule is [CH3][SnH]([CH3])[CH2]CCCOc1ccc2c(c1)C(C(=O)C1CCOc3ccc(OCCC[CH2][SnH]([CH3])[CH3])cc31)CCO2. The van der Waals surface area contributed by atoms with Gasteiger partial charge in [-0.2, -0.15) is 0 Å². The Kier molecular flexibility index (Phi) is 11.8. The van der Waals surface area contributed by atoms with Crippen LogP contribution in [0.5, 0.6) is 23.0 Å². The molecule has 0 bridgehead atoms. The van der Waals surface area contributed by atoms with Gasteiger partial charge < -0.3 is 0 Å². The van der Waals surface area contributed by atoms with Crippen LogP contribution in [0, 0.1) is 0 Å². The van der Waals surface area contributed by atoms with Gasteiger partial charge in [-0.3, -0.25) is 0 Å². The Morgan fingerprint density at radius 3 is 1.61 bits per heavy atom. The van der Waals surface area contributed by atoms with Crippen molar-refractivity contribution in [1.29, 1.82) is 0 Å². The van der Waals surface area contributed by atoms with Crippen LogP contribution in [0.1, 0.15) is 61.5 Å². The second-order valence-corrected chi connectivity index (χ2v) is 30.9. The van der Waals surface area contributed by atoms with Gasteiger partial charge in [-0.1, -0.05) is 0 Å². The summed E-state index contributed by atoms with van der Waals surface area (Å²) in [6.45, 7) is 2.58. The second-order valence-electron chi connectivity index (χ2n) is 11.7. The molecule has 2 aromatic rings. The van der Waals surface area contributed by atoms with Gasteiger partial charge in [-0.25, -0.2) is 0 Å². The average Bonchev–Trinajstić information content (AvgIpc) is 2.91. The molecule has 0 saturated carbocycles. The van der Waals surface area contributed by atoms with Crippen molar-refractivity contribution in [2.45, 2.75) is 79.0 Å². The van der Waals surface area contributed by atoms with Crippen molar-refractivity contribution < 1.29 is 23.7 Å². The molecule has 4 rings (SSSR count). The summed E-state index contributed by atoms with van der Waals surface area (Å²) in [5.41, 5.74) is 1.93. The van der Waals surface area contributed by atoms with Gasteiger partial charge in [-0.05, 0) is 0 Å². The maximum absolute atomic E-state index is 14.0. The monoisotopic (exact) mass is 738 g/mol. The van der Waals surface area contributed by atoms with Gasteiger partial charge >= 0.3 is 245 Å². The normalized spacial score (nSPS) is 18.4. The Balaban J connectivity index is 1.43. The summed E-state index contributed by atoms with van der Waals surface area (Å²) < 4.78 is 26.9. The third kappa shape index (κ3) is 8.45. The zero-order valence-electron chi connectivity index (χ0n) is 23.8. The van der Waals surface area contributed by atoms with Crippen LogP contribution in [-0.2, 0) is 4.79 Å². The van der Waals surface area contributed by atoms with Crippen LogP contribution in [0.4, 0.5) is 0 Å². The first kappa shape index (κ1) is 29.9. The quantitative estimate of drug-likeness (QED) is 0.155. The molecule has 0 aromatic heterocycles. The van der Waals surface area contributed by atoms with E-state index in [-0.39, 0.29) is 17.6 Å². The first-order chi connectivity index (χ1) is 18.4. The molecule has 0 saturated heterocycles. The first-order valence-corrected chi connectivity index (χ1v) is 32.6. The number of hydrogen-bond acceptors (Lipinski definition) is 5. The van der Waals surface area contributed by atoms with Gasteiger partial charge in [0, 0.05) is 0 Å². The van der Waals surface area contributed by atoms with Crippen LogP contribution in [0.2, 0.25) is 28.6 Å². The number of ketones is 1. The van der Waals surface area contributed by atoms with Crippen LogP contribution in [0.3, 0.4) is 0 Å². The van der Waals surface area contributed by atoms with E-state index in [1.54, 1.807) is 0 Å². The standard InChI is InChI=1S/C27H32O5.4CH3.2Sn.2H/c1-3-5-13-29-19-7-9-25-23(17-19)21(11-15-31-25)27(28)22-12-16-32-26-10-8-20(18-24(22)26)30-14-6-4-2;;;;;;;;/h7-10,17-18,21-22H,1-6,11-16H2;4*1H3;;;;. The molecule has 0 fully saturated rings. The number of carbonyl (C=O) groups is 1. The summed E-state index contributed by atoms with van der Waals surface area (Å²) in [5.74, 6) is 3.16. The van der Waals surface area contributed by atoms with Crippen molar-refractivity contribution in [3.8, 4) is 23.0 Å². The van der Waals surface area contributed by atoms with Crippen LogP contribution in [0.25, 0.3) is 0 Å². The number of hydrogen-bond donors (Lipinski definition) is 0. The predicted molar refractivity (Wildman–Crippen MR) is 160 cm³/mol. The molecule has 7 heteroatoms. The zero-order valence-corrected chi connectivity index (χ0v) is 30.4. The van der Waals surface area contributed by atoms with Crippen molar-refractivity contribution in [1.82, 2.24) is 0 Å². The second kappa shape index (κ2) is 15.1. The van der Waals surface area contributed by atoms with E-state index in [1.807, 2.05) is 36.4 Å². The summed E-state index contributed by atoms with van der Waals surface area (Å²) in [5, 5.41) is 0. The Hall–Kier alpha value is -1.09. The van der Waals surface area contributed by atoms with E-state index in [0.717, 1.165) is 60.2 Å². The van der Waals surface area contributed by atoms with Gasteiger partial charge in [0.05, 0.1) is 0 Å². The summed E-state index contributed by atoms with van der Waals surface area (Å²) >= 11 is -2.26. The number of fused-ring (bicyclic) bond motifs is 2. The van der Waals surface area contributed by atoms with Crippen molar-refractivity contribution in [2.24, 2.45) is 0 Å². The molecule has 0 N–H and O–H groups in total. The fourth-order valence-corrected chi connectivity index (χ4v) is 11.8. The molecule has 0 amide bonds. The molecule has 0 aliphatic carbocycles. The van der Waals surface area contributed by atoms with Crippen molar-refractivity contribution in [2.75, 3.05) is 26.4 Å². The maximum atomic E-state index is 14.0. The molecular weight excluding hydrogens is 690 g/mol. The van der Waals surface area contributed by atoms with Crippen molar-refractivity contribution in [3.05, 3.63) is 47.5 Å². The van der Waals surface area contributed by atoms with Gasteiger partial charge in [0.2, 0.25) is 0 Å². The third-order valence-corrected chi connectivity index (χ3v) is 16.5. The van der Waals surface area contributed by atoms with Crippen LogP contribution in [-0.4, -0.2) is 71.7 Å². The van der Waals surface area contributed by atoms with Crippen molar-refractivity contribution >= 4 is 45.3 Å². The summed E-state index contributed by atoms with van der Waals surface area (Å²) in [4.78, 5) is 23.9. The molecule has 2 unspecified atom stereocenters. The molecule has 38 heavy (non-hydrogen) atoms. The Morgan fingerprint density at radius 2 is 1.18 bits per heavy atom. The van der Waals surface area contributed by atoms with E-state index in [2.05, 4.69) is 19.8 Å². The summed E-state index contributed by atoms with van der Waals surface area (Å²) in [7, 11) is 0. The average molecular weight is 736 g/mol. The zero-order chi connectivity index (χ0) is 26.9. The molecular formula is C31H46O5Sn2. The number of Topliss-reactive ketones (excluding diaryl/α,β-unsaturated/α-hetero) is 1. The molecule has 208 valence electrons. The number of rotatable bonds is 14. The Bertz CT molecular complexity index is 973. The molecule has 5 nitrogen and oxygen atoms in total. The fourth-order valence-electron chi connectivity index (χ4n) is 5.45. The molecule has 2 aliphatic rings. The van der Waals surface area contributed by atoms with E-state index >= 15 is 0 Å². The molecule has 2 heterocycles. The van der Waals surface area contributed by atoms with E-state index in [1.165, 1.54) is 21.7 Å².